The molecule has 7 heteroatoms. The highest BCUT2D eigenvalue weighted by Crippen LogP contribution is 2.30. The number of aromatic nitrogens is 3. The van der Waals surface area contributed by atoms with Gasteiger partial charge in [-0.15, -0.1) is 10.2 Å². The summed E-state index contributed by atoms with van der Waals surface area (Å²) in [6.07, 6.45) is -2.69. The minimum Gasteiger partial charge on any atom is -0.330 e. The summed E-state index contributed by atoms with van der Waals surface area (Å²) >= 11 is 0. The molecule has 0 amide bonds. The summed E-state index contributed by atoms with van der Waals surface area (Å²) in [5.74, 6) is 0.468. The monoisotopic (exact) mass is 258 g/mol. The van der Waals surface area contributed by atoms with Crippen LogP contribution in [0.2, 0.25) is 0 Å². The maximum absolute atomic E-state index is 12.6. The van der Waals surface area contributed by atoms with Gasteiger partial charge in [0.15, 0.2) is 5.65 Å². The van der Waals surface area contributed by atoms with Gasteiger partial charge in [0.05, 0.1) is 5.56 Å². The van der Waals surface area contributed by atoms with Gasteiger partial charge in [0.1, 0.15) is 5.82 Å². The number of hydrogen-bond acceptors (Lipinski definition) is 3. The highest BCUT2D eigenvalue weighted by molar-refractivity contribution is 5.40. The second kappa shape index (κ2) is 4.56. The van der Waals surface area contributed by atoms with Gasteiger partial charge < -0.3 is 5.73 Å². The van der Waals surface area contributed by atoms with Crippen molar-refractivity contribution in [2.75, 3.05) is 6.54 Å². The lowest BCUT2D eigenvalue weighted by atomic mass is 10.1. The third-order valence-electron chi connectivity index (χ3n) is 2.80. The number of rotatable bonds is 3. The number of pyridine rings is 1. The minimum absolute atomic E-state index is 0.0338. The molecule has 0 saturated heterocycles. The van der Waals surface area contributed by atoms with Crippen molar-refractivity contribution in [2.24, 2.45) is 5.73 Å². The average Bonchev–Trinajstić information content (AvgIpc) is 2.70. The standard InChI is InChI=1S/C11H13F3N4/c1-7(4-5-15)10-17-16-9-3-2-8(6-18(9)10)11(12,13)14/h2-3,6-7H,4-5,15H2,1H3. The van der Waals surface area contributed by atoms with Crippen molar-refractivity contribution >= 4 is 5.65 Å². The largest absolute Gasteiger partial charge is 0.417 e. The molecule has 2 N–H and O–H groups in total. The quantitative estimate of drug-likeness (QED) is 0.918. The molecule has 0 spiro atoms. The number of halogens is 3. The van der Waals surface area contributed by atoms with Gasteiger partial charge in [-0.05, 0) is 25.1 Å². The molecule has 0 aliphatic rings. The molecule has 0 aliphatic heterocycles. The van der Waals surface area contributed by atoms with Gasteiger partial charge in [0, 0.05) is 12.1 Å². The summed E-state index contributed by atoms with van der Waals surface area (Å²) < 4.78 is 39.3. The highest BCUT2D eigenvalue weighted by Gasteiger charge is 2.31. The molecule has 18 heavy (non-hydrogen) atoms. The number of alkyl halides is 3. The van der Waals surface area contributed by atoms with Crippen molar-refractivity contribution in [3.63, 3.8) is 0 Å². The van der Waals surface area contributed by atoms with Crippen LogP contribution in [0.3, 0.4) is 0 Å². The predicted octanol–water partition coefficient (Wildman–Crippen LogP) is 2.20. The second-order valence-electron chi connectivity index (χ2n) is 4.18. The molecule has 0 radical (unpaired) electrons. The lowest BCUT2D eigenvalue weighted by molar-refractivity contribution is -0.137. The van der Waals surface area contributed by atoms with Crippen molar-refractivity contribution in [1.82, 2.24) is 14.6 Å². The van der Waals surface area contributed by atoms with Crippen LogP contribution in [0.4, 0.5) is 13.2 Å². The molecule has 4 nitrogen and oxygen atoms in total. The van der Waals surface area contributed by atoms with Gasteiger partial charge in [0.25, 0.3) is 0 Å². The molecule has 0 fully saturated rings. The lowest BCUT2D eigenvalue weighted by Gasteiger charge is -2.10. The normalized spacial score (nSPS) is 14.1. The van der Waals surface area contributed by atoms with Gasteiger partial charge in [-0.1, -0.05) is 6.92 Å². The maximum atomic E-state index is 12.6. The zero-order chi connectivity index (χ0) is 13.3. The van der Waals surface area contributed by atoms with E-state index in [1.165, 1.54) is 10.5 Å². The fraction of sp³-hybridized carbons (Fsp3) is 0.455. The molecule has 1 unspecified atom stereocenters. The van der Waals surface area contributed by atoms with Gasteiger partial charge in [-0.25, -0.2) is 0 Å². The molecule has 0 aromatic carbocycles. The number of nitrogens with two attached hydrogens (primary N) is 1. The number of fused-ring (bicyclic) bond motifs is 1. The summed E-state index contributed by atoms with van der Waals surface area (Å²) in [7, 11) is 0. The SMILES string of the molecule is CC(CCN)c1nnc2ccc(C(F)(F)F)cn12. The molecule has 2 rings (SSSR count). The summed E-state index contributed by atoms with van der Waals surface area (Å²) in [5.41, 5.74) is 5.13. The van der Waals surface area contributed by atoms with E-state index < -0.39 is 11.7 Å². The summed E-state index contributed by atoms with van der Waals surface area (Å²) in [4.78, 5) is 0. The van der Waals surface area contributed by atoms with Gasteiger partial charge in [-0.2, -0.15) is 13.2 Å². The first-order chi connectivity index (χ1) is 8.43. The smallest absolute Gasteiger partial charge is 0.330 e. The summed E-state index contributed by atoms with van der Waals surface area (Å²) in [6.45, 7) is 2.32. The van der Waals surface area contributed by atoms with Crippen molar-refractivity contribution in [3.05, 3.63) is 29.7 Å². The summed E-state index contributed by atoms with van der Waals surface area (Å²) in [6, 6.07) is 2.32. The van der Waals surface area contributed by atoms with Crippen LogP contribution in [-0.4, -0.2) is 21.1 Å². The molecule has 2 aromatic heterocycles. The Morgan fingerprint density at radius 1 is 1.33 bits per heavy atom. The van der Waals surface area contributed by atoms with Crippen LogP contribution in [-0.2, 0) is 6.18 Å². The van der Waals surface area contributed by atoms with E-state index in [0.717, 1.165) is 12.3 Å². The van der Waals surface area contributed by atoms with E-state index >= 15 is 0 Å². The van der Waals surface area contributed by atoms with E-state index in [-0.39, 0.29) is 5.92 Å². The van der Waals surface area contributed by atoms with E-state index in [2.05, 4.69) is 10.2 Å². The fourth-order valence-electron chi connectivity index (χ4n) is 1.79. The van der Waals surface area contributed by atoms with E-state index in [1.54, 1.807) is 0 Å². The van der Waals surface area contributed by atoms with Crippen LogP contribution >= 0.6 is 0 Å². The zero-order valence-corrected chi connectivity index (χ0v) is 9.78. The molecule has 2 aromatic rings. The van der Waals surface area contributed by atoms with Crippen molar-refractivity contribution in [2.45, 2.75) is 25.4 Å². The highest BCUT2D eigenvalue weighted by atomic mass is 19.4. The number of nitrogens with zero attached hydrogens (tertiary/aromatic N) is 3. The summed E-state index contributed by atoms with van der Waals surface area (Å²) in [5, 5.41) is 7.78. The fourth-order valence-corrected chi connectivity index (χ4v) is 1.79. The van der Waals surface area contributed by atoms with Crippen LogP contribution in [0.5, 0.6) is 0 Å². The third kappa shape index (κ3) is 2.31. The zero-order valence-electron chi connectivity index (χ0n) is 9.78. The minimum atomic E-state index is -4.37. The van der Waals surface area contributed by atoms with Crippen LogP contribution in [0, 0.1) is 0 Å². The van der Waals surface area contributed by atoms with E-state index in [0.29, 0.717) is 24.4 Å². The first-order valence-electron chi connectivity index (χ1n) is 5.55. The number of hydrogen-bond donors (Lipinski definition) is 1. The van der Waals surface area contributed by atoms with E-state index in [1.807, 2.05) is 6.92 Å². The Labute approximate surface area is 102 Å². The van der Waals surface area contributed by atoms with Crippen LogP contribution in [0.25, 0.3) is 5.65 Å². The van der Waals surface area contributed by atoms with Crippen molar-refractivity contribution < 1.29 is 13.2 Å². The average molecular weight is 258 g/mol. The van der Waals surface area contributed by atoms with Gasteiger partial charge >= 0.3 is 6.18 Å². The molecular formula is C11H13F3N4. The van der Waals surface area contributed by atoms with Gasteiger partial charge in [-0.3, -0.25) is 4.40 Å². The second-order valence-corrected chi connectivity index (χ2v) is 4.18. The Balaban J connectivity index is 2.50. The molecule has 0 aliphatic carbocycles. The van der Waals surface area contributed by atoms with Crippen LogP contribution < -0.4 is 5.73 Å². The molecule has 2 heterocycles. The lowest BCUT2D eigenvalue weighted by Crippen LogP contribution is -2.10. The Morgan fingerprint density at radius 2 is 2.06 bits per heavy atom. The Morgan fingerprint density at radius 3 is 2.67 bits per heavy atom. The first-order valence-corrected chi connectivity index (χ1v) is 5.55. The van der Waals surface area contributed by atoms with E-state index in [9.17, 15) is 13.2 Å². The Kier molecular flexibility index (Phi) is 3.25. The third-order valence-corrected chi connectivity index (χ3v) is 2.80. The van der Waals surface area contributed by atoms with Crippen molar-refractivity contribution in [1.29, 1.82) is 0 Å². The molecule has 0 saturated carbocycles. The Hall–Kier alpha value is -1.63. The topological polar surface area (TPSA) is 56.2 Å². The molecule has 1 atom stereocenters. The van der Waals surface area contributed by atoms with E-state index in [4.69, 9.17) is 5.73 Å². The van der Waals surface area contributed by atoms with Crippen LogP contribution in [0.15, 0.2) is 18.3 Å². The van der Waals surface area contributed by atoms with Crippen molar-refractivity contribution in [3.8, 4) is 0 Å². The maximum Gasteiger partial charge on any atom is 0.417 e. The molecule has 0 bridgehead atoms. The first kappa shape index (κ1) is 12.8. The predicted molar refractivity (Wildman–Crippen MR) is 60.1 cm³/mol. The van der Waals surface area contributed by atoms with Crippen LogP contribution in [0.1, 0.15) is 30.7 Å². The molecular weight excluding hydrogens is 245 g/mol. The Bertz CT molecular complexity index is 547. The van der Waals surface area contributed by atoms with Gasteiger partial charge in [0.2, 0.25) is 0 Å². The molecule has 98 valence electrons.